The summed E-state index contributed by atoms with van der Waals surface area (Å²) in [6.07, 6.45) is 0. The van der Waals surface area contributed by atoms with Crippen molar-refractivity contribution in [2.24, 2.45) is 0 Å². The van der Waals surface area contributed by atoms with Gasteiger partial charge in [-0.3, -0.25) is 23.7 Å². The maximum absolute atomic E-state index is 13.4. The summed E-state index contributed by atoms with van der Waals surface area (Å²) in [7, 11) is -15.7. The number of hydrogen-bond donors (Lipinski definition) is 4. The summed E-state index contributed by atoms with van der Waals surface area (Å²) in [5.74, 6) is -1.70. The van der Waals surface area contributed by atoms with Crippen LogP contribution in [0.15, 0.2) is 196 Å². The molecule has 0 bridgehead atoms. The molecule has 13 aromatic rings. The van der Waals surface area contributed by atoms with E-state index in [0.29, 0.717) is 72.7 Å². The molecule has 0 amide bonds. The lowest BCUT2D eigenvalue weighted by molar-refractivity contribution is -0.129. The minimum absolute atomic E-state index is 0.0528. The quantitative estimate of drug-likeness (QED) is 0.0332. The lowest BCUT2D eigenvalue weighted by atomic mass is 10.1. The number of Topliss-reactive ketones (excluding diaryl/α,β-unsaturated/α-hetero) is 1. The summed E-state index contributed by atoms with van der Waals surface area (Å²) in [5, 5.41) is 1.24. The SMILES string of the molecule is Cc1c(Cl)cccc1S(=O)(=O)Nc1nc(-c2ccccc2)ns1.Cc1c(Cl)cccc1S(=O)(=O)Nc1nc(C(=O)C(=O)Oc2nc(-c3ccccc3)ns2)ns1.Cc1cc(-c2nsc(NS(=O)(=O)c3cccc(Cl)c3C)n2)ccc1F.O=S(=O)(Nc1nc(-c2ccccc2)ns1)c1c(Cl)cc(Cl)cc1Cl. The number of benzene rings is 8. The number of rotatable bonds is 19. The van der Waals surface area contributed by atoms with E-state index in [1.165, 1.54) is 42.5 Å². The number of anilines is 4. The van der Waals surface area contributed by atoms with E-state index in [1.807, 2.05) is 66.7 Å². The average molecular weight is 1710 g/mol. The van der Waals surface area contributed by atoms with E-state index < -0.39 is 57.7 Å². The molecule has 0 unspecified atom stereocenters. The molecule has 0 aliphatic rings. The van der Waals surface area contributed by atoms with Gasteiger partial charge in [-0.25, -0.2) is 42.9 Å². The maximum atomic E-state index is 13.4. The van der Waals surface area contributed by atoms with E-state index >= 15 is 0 Å². The van der Waals surface area contributed by atoms with Gasteiger partial charge in [0.15, 0.2) is 23.3 Å². The number of hydrogen-bond acceptors (Lipinski definition) is 26. The molecule has 4 N–H and O–H groups in total. The maximum Gasteiger partial charge on any atom is 0.390 e. The third kappa shape index (κ3) is 20.1. The summed E-state index contributed by atoms with van der Waals surface area (Å²) in [4.78, 5) is 44.9. The lowest BCUT2D eigenvalue weighted by Gasteiger charge is -2.09. The molecule has 41 heteroatoms. The van der Waals surface area contributed by atoms with Crippen molar-refractivity contribution in [1.82, 2.24) is 46.8 Å². The highest BCUT2D eigenvalue weighted by Crippen LogP contribution is 2.36. The van der Waals surface area contributed by atoms with Gasteiger partial charge in [-0.05, 0) is 117 Å². The number of sulfonamides is 4. The van der Waals surface area contributed by atoms with Gasteiger partial charge in [-0.15, -0.1) is 0 Å². The molecule has 13 rings (SSSR count). The molecule has 0 saturated heterocycles. The molecule has 0 aliphatic carbocycles. The number of aromatic nitrogens is 10. The molecule has 0 saturated carbocycles. The van der Waals surface area contributed by atoms with Gasteiger partial charge in [-0.1, -0.05) is 179 Å². The Bertz CT molecular complexity index is 5830. The third-order valence-corrected chi connectivity index (χ3v) is 25.6. The highest BCUT2D eigenvalue weighted by molar-refractivity contribution is 7.94. The van der Waals surface area contributed by atoms with Gasteiger partial charge in [0.05, 0.1) is 24.7 Å². The second kappa shape index (κ2) is 34.3. The van der Waals surface area contributed by atoms with Crippen molar-refractivity contribution in [1.29, 1.82) is 0 Å². The molecule has 0 radical (unpaired) electrons. The fourth-order valence-electron chi connectivity index (χ4n) is 8.73. The predicted molar refractivity (Wildman–Crippen MR) is 409 cm³/mol. The Morgan fingerprint density at radius 3 is 1.13 bits per heavy atom. The van der Waals surface area contributed by atoms with Gasteiger partial charge < -0.3 is 4.74 Å². The van der Waals surface area contributed by atoms with Gasteiger partial charge in [0, 0.05) is 100 Å². The van der Waals surface area contributed by atoms with Gasteiger partial charge >= 0.3 is 16.9 Å². The smallest absolute Gasteiger partial charge is 0.390 e. The van der Waals surface area contributed by atoms with Crippen molar-refractivity contribution >= 4 is 200 Å². The number of nitrogens with zero attached hydrogens (tertiary/aromatic N) is 10. The second-order valence-corrected chi connectivity index (χ2v) is 33.8. The molecule has 105 heavy (non-hydrogen) atoms. The van der Waals surface area contributed by atoms with Crippen molar-refractivity contribution in [2.75, 3.05) is 18.9 Å². The predicted octanol–water partition coefficient (Wildman–Crippen LogP) is 17.0. The number of nitrogens with one attached hydrogen (secondary N) is 4. The summed E-state index contributed by atoms with van der Waals surface area (Å²) in [6.45, 7) is 6.48. The first-order valence-corrected chi connectivity index (χ1v) is 41.3. The van der Waals surface area contributed by atoms with E-state index in [2.05, 4.69) is 65.7 Å². The highest BCUT2D eigenvalue weighted by atomic mass is 35.5. The number of ether oxygens (including phenoxy) is 1. The first kappa shape index (κ1) is 78.9. The number of carbonyl (C=O) groups excluding carboxylic acids is 2. The monoisotopic (exact) mass is 1700 g/mol. The Morgan fingerprint density at radius 2 is 0.733 bits per heavy atom. The fraction of sp³-hybridized carbons (Fsp3) is 0.0625. The highest BCUT2D eigenvalue weighted by Gasteiger charge is 2.29. The van der Waals surface area contributed by atoms with E-state index in [4.69, 9.17) is 74.3 Å². The number of aryl methyl sites for hydroxylation is 1. The lowest BCUT2D eigenvalue weighted by Crippen LogP contribution is -2.22. The number of esters is 1. The Kier molecular flexibility index (Phi) is 25.8. The van der Waals surface area contributed by atoms with Crippen molar-refractivity contribution in [2.45, 2.75) is 47.3 Å². The van der Waals surface area contributed by atoms with Crippen LogP contribution in [0.5, 0.6) is 5.19 Å². The topological polar surface area (TPSA) is 357 Å². The van der Waals surface area contributed by atoms with Crippen LogP contribution >= 0.6 is 127 Å². The van der Waals surface area contributed by atoms with Crippen molar-refractivity contribution < 1.29 is 52.4 Å². The first-order valence-electron chi connectivity index (χ1n) is 29.3. The molecule has 0 atom stereocenters. The first-order chi connectivity index (χ1) is 49.9. The Labute approximate surface area is 649 Å². The summed E-state index contributed by atoms with van der Waals surface area (Å²) >= 11 is 39.9. The van der Waals surface area contributed by atoms with Gasteiger partial charge in [0.2, 0.25) is 26.4 Å². The van der Waals surface area contributed by atoms with E-state index in [-0.39, 0.29) is 71.2 Å². The number of halogens is 7. The van der Waals surface area contributed by atoms with Gasteiger partial charge in [-0.2, -0.15) is 46.8 Å². The standard InChI is InChI=1S/C19H12ClN5O5S3.C16H13ClFN3O2S2.C15H12ClN3O2S2.C14H8Cl3N3O2S2/c1-10-12(20)8-5-9-13(10)33(28,29)25-18-21-16(24-31-18)14(26)17(27)30-19-22-15(23-32-19)11-6-3-2-4-7-11;1-9-8-11(6-7-13(9)18)15-19-16(24-20-15)21-25(22,23)14-5-3-4-12(17)10(14)2;1-10-12(16)8-5-9-13(10)23(20,21)19-15-17-14(18-22-15)11-6-3-2-4-7-11;15-9-6-10(16)12(11(17)7-9)24(21,22)20-14-18-13(19-23-14)8-4-2-1-3-5-8/h2-9H,1H3,(H,21,24,25);3-8H,1-2H3,(H,19,20,21);2-9H,1H3,(H,17,18,19);1-7H,(H,18,19,20). The third-order valence-electron chi connectivity index (χ3n) is 13.8. The minimum Gasteiger partial charge on any atom is -0.390 e. The van der Waals surface area contributed by atoms with E-state index in [0.717, 1.165) is 62.8 Å². The second-order valence-electron chi connectivity index (χ2n) is 21.1. The zero-order valence-corrected chi connectivity index (χ0v) is 65.4. The molecule has 0 aliphatic heterocycles. The minimum atomic E-state index is -4.04. The van der Waals surface area contributed by atoms with Crippen molar-refractivity contribution in [3.05, 3.63) is 240 Å². The van der Waals surface area contributed by atoms with Crippen LogP contribution in [0, 0.1) is 33.5 Å². The number of ketones is 1. The van der Waals surface area contributed by atoms with E-state index in [9.17, 15) is 47.7 Å². The van der Waals surface area contributed by atoms with Crippen LogP contribution in [0.3, 0.4) is 0 Å². The van der Waals surface area contributed by atoms with Crippen LogP contribution in [0.1, 0.15) is 32.9 Å². The molecule has 8 aromatic carbocycles. The molecular weight excluding hydrogens is 1660 g/mol. The summed E-state index contributed by atoms with van der Waals surface area (Å²) in [5.41, 5.74) is 4.70. The Hall–Kier alpha value is -8.63. The zero-order chi connectivity index (χ0) is 75.5. The molecule has 25 nitrogen and oxygen atoms in total. The largest absolute Gasteiger partial charge is 0.390 e. The molecule has 0 spiro atoms. The summed E-state index contributed by atoms with van der Waals surface area (Å²) < 4.78 is 148. The molecule has 0 fully saturated rings. The number of carbonyl (C=O) groups is 2. The van der Waals surface area contributed by atoms with Crippen LogP contribution < -0.4 is 23.6 Å². The van der Waals surface area contributed by atoms with Gasteiger partial charge in [0.25, 0.3) is 40.1 Å². The van der Waals surface area contributed by atoms with Crippen LogP contribution in [0.4, 0.5) is 24.9 Å². The summed E-state index contributed by atoms with van der Waals surface area (Å²) in [6, 6.07) is 48.5. The fourth-order valence-corrected chi connectivity index (χ4v) is 19.6. The van der Waals surface area contributed by atoms with E-state index in [1.54, 1.807) is 94.4 Å². The van der Waals surface area contributed by atoms with Crippen LogP contribution in [-0.2, 0) is 44.9 Å². The Balaban J connectivity index is 0.000000152. The normalized spacial score (nSPS) is 11.4. The zero-order valence-electron chi connectivity index (χ0n) is 53.5. The molecule has 540 valence electrons. The van der Waals surface area contributed by atoms with Crippen LogP contribution in [0.25, 0.3) is 45.6 Å². The average Bonchev–Trinajstić information content (AvgIpc) is 1.52. The van der Waals surface area contributed by atoms with Crippen LogP contribution in [0.2, 0.25) is 30.1 Å². The Morgan fingerprint density at radius 1 is 0.381 bits per heavy atom. The molecule has 5 heterocycles. The van der Waals surface area contributed by atoms with Gasteiger partial charge in [0.1, 0.15) is 10.7 Å². The van der Waals surface area contributed by atoms with Crippen LogP contribution in [-0.4, -0.2) is 92.2 Å². The van der Waals surface area contributed by atoms with Crippen molar-refractivity contribution in [3.8, 4) is 50.7 Å². The molecular formula is C64H45Cl6FN14O11S9. The molecule has 5 aromatic heterocycles. The van der Waals surface area contributed by atoms with Crippen molar-refractivity contribution in [3.63, 3.8) is 0 Å².